The summed E-state index contributed by atoms with van der Waals surface area (Å²) >= 11 is 13.4. The normalized spacial score (nSPS) is 17.7. The van der Waals surface area contributed by atoms with Crippen molar-refractivity contribution >= 4 is 29.1 Å². The van der Waals surface area contributed by atoms with Crippen molar-refractivity contribution in [2.45, 2.75) is 63.6 Å². The smallest absolute Gasteiger partial charge is 0.350 e. The standard InChI is InChI=1S/C30H31Cl2F3N2O/c31-27-16-24(17-28(32)26(27)19-36-13-10-23(18-36)20-4-2-1-3-5-20)21-6-8-22(9-7-21)29(38)37-14-11-25(12-15-37)30(33,34)35/h6-10,13,16-18,20,25H,1-5,11-12,14-15,19H2. The highest BCUT2D eigenvalue weighted by Gasteiger charge is 2.41. The van der Waals surface area contributed by atoms with E-state index in [1.807, 2.05) is 24.3 Å². The number of benzene rings is 2. The summed E-state index contributed by atoms with van der Waals surface area (Å²) in [5.74, 6) is -0.939. The van der Waals surface area contributed by atoms with Gasteiger partial charge in [-0.05, 0) is 78.6 Å². The fourth-order valence-electron chi connectivity index (χ4n) is 5.74. The number of carbonyl (C=O) groups excluding carboxylic acids is 1. The Morgan fingerprint density at radius 1 is 0.868 bits per heavy atom. The van der Waals surface area contributed by atoms with E-state index in [2.05, 4.69) is 23.0 Å². The molecule has 0 unspecified atom stereocenters. The minimum Gasteiger partial charge on any atom is -0.350 e. The summed E-state index contributed by atoms with van der Waals surface area (Å²) in [6.07, 6.45) is 6.41. The maximum Gasteiger partial charge on any atom is 0.391 e. The van der Waals surface area contributed by atoms with Crippen LogP contribution in [0.4, 0.5) is 13.2 Å². The lowest BCUT2D eigenvalue weighted by atomic mass is 9.85. The third-order valence-electron chi connectivity index (χ3n) is 8.04. The van der Waals surface area contributed by atoms with Gasteiger partial charge in [-0.15, -0.1) is 0 Å². The molecule has 1 aromatic heterocycles. The van der Waals surface area contributed by atoms with Crippen molar-refractivity contribution in [1.82, 2.24) is 9.47 Å². The SMILES string of the molecule is O=C(c1ccc(-c2cc(Cl)c(Cn3ccc(C4CCCCC4)c3)c(Cl)c2)cc1)N1CCC(C(F)(F)F)CC1. The molecule has 1 aliphatic heterocycles. The van der Waals surface area contributed by atoms with Crippen LogP contribution in [0, 0.1) is 5.92 Å². The average Bonchev–Trinajstić information content (AvgIpc) is 3.39. The summed E-state index contributed by atoms with van der Waals surface area (Å²) in [6.45, 7) is 0.811. The largest absolute Gasteiger partial charge is 0.391 e. The van der Waals surface area contributed by atoms with Crippen LogP contribution < -0.4 is 0 Å². The van der Waals surface area contributed by atoms with Gasteiger partial charge in [-0.2, -0.15) is 13.2 Å². The lowest BCUT2D eigenvalue weighted by Crippen LogP contribution is -2.42. The van der Waals surface area contributed by atoms with E-state index in [9.17, 15) is 18.0 Å². The van der Waals surface area contributed by atoms with Gasteiger partial charge < -0.3 is 9.47 Å². The zero-order chi connectivity index (χ0) is 26.9. The number of piperidine rings is 1. The van der Waals surface area contributed by atoms with Gasteiger partial charge >= 0.3 is 6.18 Å². The molecule has 0 radical (unpaired) electrons. The molecule has 1 amide bonds. The first-order valence-electron chi connectivity index (χ1n) is 13.3. The first-order chi connectivity index (χ1) is 18.2. The molecule has 0 N–H and O–H groups in total. The summed E-state index contributed by atoms with van der Waals surface area (Å²) in [6, 6.07) is 13.0. The Kier molecular flexibility index (Phi) is 8.11. The van der Waals surface area contributed by atoms with Crippen molar-refractivity contribution in [2.75, 3.05) is 13.1 Å². The van der Waals surface area contributed by atoms with Crippen LogP contribution in [0.25, 0.3) is 11.1 Å². The summed E-state index contributed by atoms with van der Waals surface area (Å²) in [7, 11) is 0. The van der Waals surface area contributed by atoms with Gasteiger partial charge in [0.15, 0.2) is 0 Å². The molecular formula is C30H31Cl2F3N2O. The molecule has 202 valence electrons. The van der Waals surface area contributed by atoms with E-state index in [0.29, 0.717) is 28.1 Å². The highest BCUT2D eigenvalue weighted by Crippen LogP contribution is 2.36. The molecule has 38 heavy (non-hydrogen) atoms. The van der Waals surface area contributed by atoms with Gasteiger partial charge in [0.1, 0.15) is 0 Å². The number of hydrogen-bond acceptors (Lipinski definition) is 1. The van der Waals surface area contributed by atoms with Gasteiger partial charge in [0, 0.05) is 53.2 Å². The minimum absolute atomic E-state index is 0.0540. The number of amides is 1. The zero-order valence-electron chi connectivity index (χ0n) is 21.1. The van der Waals surface area contributed by atoms with Crippen LogP contribution in [0.1, 0.15) is 72.3 Å². The predicted molar refractivity (Wildman–Crippen MR) is 146 cm³/mol. The molecule has 0 spiro atoms. The topological polar surface area (TPSA) is 25.2 Å². The molecule has 3 aromatic rings. The van der Waals surface area contributed by atoms with Crippen LogP contribution in [0.5, 0.6) is 0 Å². The number of likely N-dealkylation sites (tertiary alicyclic amines) is 1. The van der Waals surface area contributed by atoms with Crippen molar-refractivity contribution in [3.63, 3.8) is 0 Å². The fourth-order valence-corrected chi connectivity index (χ4v) is 6.34. The lowest BCUT2D eigenvalue weighted by Gasteiger charge is -2.33. The lowest BCUT2D eigenvalue weighted by molar-refractivity contribution is -0.183. The third-order valence-corrected chi connectivity index (χ3v) is 8.72. The van der Waals surface area contributed by atoms with Crippen molar-refractivity contribution in [3.8, 4) is 11.1 Å². The van der Waals surface area contributed by atoms with E-state index in [-0.39, 0.29) is 31.8 Å². The fraction of sp³-hybridized carbons (Fsp3) is 0.433. The summed E-state index contributed by atoms with van der Waals surface area (Å²) in [5.41, 5.74) is 4.39. The second-order valence-corrected chi connectivity index (χ2v) is 11.4. The highest BCUT2D eigenvalue weighted by molar-refractivity contribution is 6.36. The number of halogens is 5. The van der Waals surface area contributed by atoms with E-state index in [1.54, 1.807) is 12.1 Å². The maximum absolute atomic E-state index is 12.9. The number of alkyl halides is 3. The first-order valence-corrected chi connectivity index (χ1v) is 14.0. The molecule has 2 fully saturated rings. The van der Waals surface area contributed by atoms with Gasteiger partial charge in [-0.1, -0.05) is 54.6 Å². The third kappa shape index (κ3) is 6.07. The Morgan fingerprint density at radius 3 is 2.11 bits per heavy atom. The average molecular weight is 563 g/mol. The Labute approximate surface area is 231 Å². The number of rotatable bonds is 5. The summed E-state index contributed by atoms with van der Waals surface area (Å²) in [5, 5.41) is 1.15. The Hall–Kier alpha value is -2.44. The number of hydrogen-bond donors (Lipinski definition) is 0. The van der Waals surface area contributed by atoms with Crippen molar-refractivity contribution in [2.24, 2.45) is 5.92 Å². The van der Waals surface area contributed by atoms with Crippen LogP contribution in [0.15, 0.2) is 54.9 Å². The van der Waals surface area contributed by atoms with E-state index in [0.717, 1.165) is 16.7 Å². The second kappa shape index (κ2) is 11.4. The molecule has 2 aromatic carbocycles. The van der Waals surface area contributed by atoms with Gasteiger partial charge in [0.25, 0.3) is 5.91 Å². The monoisotopic (exact) mass is 562 g/mol. The minimum atomic E-state index is -4.20. The Bertz CT molecular complexity index is 1250. The van der Waals surface area contributed by atoms with E-state index < -0.39 is 12.1 Å². The number of nitrogens with zero attached hydrogens (tertiary/aromatic N) is 2. The van der Waals surface area contributed by atoms with Crippen LogP contribution in [-0.2, 0) is 6.54 Å². The maximum atomic E-state index is 12.9. The molecule has 2 heterocycles. The molecule has 8 heteroatoms. The molecule has 1 saturated carbocycles. The zero-order valence-corrected chi connectivity index (χ0v) is 22.6. The van der Waals surface area contributed by atoms with E-state index >= 15 is 0 Å². The van der Waals surface area contributed by atoms with Crippen molar-refractivity contribution < 1.29 is 18.0 Å². The van der Waals surface area contributed by atoms with E-state index in [1.165, 1.54) is 42.6 Å². The van der Waals surface area contributed by atoms with Gasteiger partial charge in [0.05, 0.1) is 5.92 Å². The van der Waals surface area contributed by atoms with Crippen LogP contribution in [0.2, 0.25) is 10.0 Å². The van der Waals surface area contributed by atoms with E-state index in [4.69, 9.17) is 23.2 Å². The van der Waals surface area contributed by atoms with Gasteiger partial charge in [-0.3, -0.25) is 4.79 Å². The molecule has 1 saturated heterocycles. The highest BCUT2D eigenvalue weighted by atomic mass is 35.5. The molecule has 3 nitrogen and oxygen atoms in total. The van der Waals surface area contributed by atoms with Crippen molar-refractivity contribution in [3.05, 3.63) is 81.6 Å². The molecule has 5 rings (SSSR count). The van der Waals surface area contributed by atoms with Crippen LogP contribution in [0.3, 0.4) is 0 Å². The molecule has 1 aliphatic carbocycles. The number of aromatic nitrogens is 1. The quantitative estimate of drug-likeness (QED) is 0.304. The molecule has 0 atom stereocenters. The summed E-state index contributed by atoms with van der Waals surface area (Å²) in [4.78, 5) is 14.3. The molecular weight excluding hydrogens is 532 g/mol. The van der Waals surface area contributed by atoms with Crippen LogP contribution in [-0.4, -0.2) is 34.6 Å². The van der Waals surface area contributed by atoms with Crippen molar-refractivity contribution in [1.29, 1.82) is 0 Å². The predicted octanol–water partition coefficient (Wildman–Crippen LogP) is 8.97. The molecule has 2 aliphatic rings. The van der Waals surface area contributed by atoms with Gasteiger partial charge in [-0.25, -0.2) is 0 Å². The van der Waals surface area contributed by atoms with Gasteiger partial charge in [0.2, 0.25) is 0 Å². The Balaban J connectivity index is 1.25. The molecule has 0 bridgehead atoms. The first kappa shape index (κ1) is 27.1. The van der Waals surface area contributed by atoms with Crippen LogP contribution >= 0.6 is 23.2 Å². The number of carbonyl (C=O) groups is 1. The summed E-state index contributed by atoms with van der Waals surface area (Å²) < 4.78 is 40.9. The second-order valence-electron chi connectivity index (χ2n) is 10.6. The Morgan fingerprint density at radius 2 is 1.50 bits per heavy atom.